The smallest absolute Gasteiger partial charge is 0.194 e. The predicted octanol–water partition coefficient (Wildman–Crippen LogP) is 3.20. The number of aryl methyl sites for hydroxylation is 2. The van der Waals surface area contributed by atoms with E-state index in [-0.39, 0.29) is 24.0 Å². The van der Waals surface area contributed by atoms with Crippen molar-refractivity contribution >= 4 is 41.5 Å². The third-order valence-electron chi connectivity index (χ3n) is 5.29. The van der Waals surface area contributed by atoms with E-state index in [0.717, 1.165) is 55.9 Å². The van der Waals surface area contributed by atoms with Gasteiger partial charge in [0.15, 0.2) is 5.96 Å². The molecule has 1 aliphatic heterocycles. The Morgan fingerprint density at radius 1 is 1.14 bits per heavy atom. The van der Waals surface area contributed by atoms with Gasteiger partial charge in [-0.3, -0.25) is 14.6 Å². The molecule has 3 rings (SSSR count). The highest BCUT2D eigenvalue weighted by Crippen LogP contribution is 2.14. The number of halogens is 2. The first-order valence-electron chi connectivity index (χ1n) is 9.39. The van der Waals surface area contributed by atoms with Gasteiger partial charge in [0.1, 0.15) is 0 Å². The average Bonchev–Trinajstić information content (AvgIpc) is 2.91. The van der Waals surface area contributed by atoms with Gasteiger partial charge < -0.3 is 10.2 Å². The van der Waals surface area contributed by atoms with Crippen LogP contribution in [0.4, 0.5) is 0 Å². The first-order chi connectivity index (χ1) is 13.0. The molecule has 1 aromatic heterocycles. The summed E-state index contributed by atoms with van der Waals surface area (Å²) in [6, 6.07) is 8.13. The molecule has 0 spiro atoms. The molecule has 0 aliphatic carbocycles. The van der Waals surface area contributed by atoms with Crippen molar-refractivity contribution in [3.8, 4) is 0 Å². The van der Waals surface area contributed by atoms with Gasteiger partial charge in [-0.2, -0.15) is 5.10 Å². The first kappa shape index (κ1) is 23.0. The molecule has 2 heterocycles. The number of hydrogen-bond acceptors (Lipinski definition) is 3. The topological polar surface area (TPSA) is 48.7 Å². The number of aliphatic imine (C=N–C) groups is 1. The van der Waals surface area contributed by atoms with Gasteiger partial charge in [0.25, 0.3) is 0 Å². The maximum atomic E-state index is 5.97. The second kappa shape index (κ2) is 10.5. The molecule has 1 aliphatic rings. The molecule has 0 radical (unpaired) electrons. The van der Waals surface area contributed by atoms with Gasteiger partial charge in [-0.1, -0.05) is 23.7 Å². The number of guanidine groups is 1. The Bertz CT molecular complexity index is 794. The number of nitrogens with zero attached hydrogens (tertiary/aromatic N) is 5. The third-order valence-corrected chi connectivity index (χ3v) is 5.54. The van der Waals surface area contributed by atoms with E-state index in [4.69, 9.17) is 11.6 Å². The number of aromatic nitrogens is 2. The second-order valence-corrected chi connectivity index (χ2v) is 7.50. The van der Waals surface area contributed by atoms with Gasteiger partial charge >= 0.3 is 0 Å². The average molecular weight is 517 g/mol. The molecule has 154 valence electrons. The highest BCUT2D eigenvalue weighted by Gasteiger charge is 2.20. The minimum Gasteiger partial charge on any atom is -0.352 e. The molecule has 8 heteroatoms. The Morgan fingerprint density at radius 3 is 2.32 bits per heavy atom. The van der Waals surface area contributed by atoms with Crippen LogP contribution in [-0.4, -0.2) is 58.8 Å². The zero-order valence-corrected chi connectivity index (χ0v) is 20.2. The van der Waals surface area contributed by atoms with Crippen LogP contribution < -0.4 is 5.32 Å². The van der Waals surface area contributed by atoms with E-state index in [0.29, 0.717) is 0 Å². The molecule has 28 heavy (non-hydrogen) atoms. The summed E-state index contributed by atoms with van der Waals surface area (Å²) >= 11 is 5.97. The Hall–Kier alpha value is -1.32. The monoisotopic (exact) mass is 516 g/mol. The molecule has 0 unspecified atom stereocenters. The fourth-order valence-corrected chi connectivity index (χ4v) is 3.66. The molecule has 1 N–H and O–H groups in total. The van der Waals surface area contributed by atoms with E-state index in [1.807, 2.05) is 30.9 Å². The van der Waals surface area contributed by atoms with Gasteiger partial charge in [0.05, 0.1) is 5.69 Å². The second-order valence-electron chi connectivity index (χ2n) is 7.06. The Morgan fingerprint density at radius 2 is 1.79 bits per heavy atom. The number of hydrogen-bond donors (Lipinski definition) is 1. The van der Waals surface area contributed by atoms with Gasteiger partial charge in [-0.05, 0) is 31.5 Å². The summed E-state index contributed by atoms with van der Waals surface area (Å²) in [5.74, 6) is 0.962. The summed E-state index contributed by atoms with van der Waals surface area (Å²) < 4.78 is 1.94. The lowest BCUT2D eigenvalue weighted by atomic mass is 10.2. The lowest BCUT2D eigenvalue weighted by Crippen LogP contribution is -2.52. The Labute approximate surface area is 190 Å². The van der Waals surface area contributed by atoms with E-state index in [9.17, 15) is 0 Å². The highest BCUT2D eigenvalue weighted by molar-refractivity contribution is 14.0. The standard InChI is InChI=1S/C20H29ClN6.HI/c1-15-19(16(2)25(4)24-15)13-23-20(22-3)27-11-9-26(10-12-27)14-17-5-7-18(21)8-6-17;/h5-8H,9-14H2,1-4H3,(H,22,23);1H. The van der Waals surface area contributed by atoms with Gasteiger partial charge in [0.2, 0.25) is 0 Å². The summed E-state index contributed by atoms with van der Waals surface area (Å²) in [5, 5.41) is 8.79. The lowest BCUT2D eigenvalue weighted by Gasteiger charge is -2.36. The quantitative estimate of drug-likeness (QED) is 0.385. The van der Waals surface area contributed by atoms with Crippen LogP contribution in [0.3, 0.4) is 0 Å². The van der Waals surface area contributed by atoms with E-state index < -0.39 is 0 Å². The molecule has 2 aromatic rings. The van der Waals surface area contributed by atoms with Gasteiger partial charge in [0, 0.05) is 69.6 Å². The van der Waals surface area contributed by atoms with Crippen molar-refractivity contribution in [1.29, 1.82) is 0 Å². The number of piperazine rings is 1. The van der Waals surface area contributed by atoms with Crippen molar-refractivity contribution in [2.24, 2.45) is 12.0 Å². The summed E-state index contributed by atoms with van der Waals surface area (Å²) in [5.41, 5.74) is 4.83. The Kier molecular flexibility index (Phi) is 8.57. The van der Waals surface area contributed by atoms with Crippen molar-refractivity contribution < 1.29 is 0 Å². The van der Waals surface area contributed by atoms with Crippen molar-refractivity contribution in [3.63, 3.8) is 0 Å². The molecule has 0 amide bonds. The molecule has 1 saturated heterocycles. The normalized spacial score (nSPS) is 15.5. The maximum absolute atomic E-state index is 5.97. The number of benzene rings is 1. The molecular formula is C20H30ClIN6. The van der Waals surface area contributed by atoms with Crippen molar-refractivity contribution in [3.05, 3.63) is 51.8 Å². The van der Waals surface area contributed by atoms with Crippen LogP contribution in [0.5, 0.6) is 0 Å². The molecule has 1 fully saturated rings. The van der Waals surface area contributed by atoms with Crippen molar-refractivity contribution in [1.82, 2.24) is 24.9 Å². The highest BCUT2D eigenvalue weighted by atomic mass is 127. The Balaban J connectivity index is 0.00000280. The minimum atomic E-state index is 0. The third kappa shape index (κ3) is 5.61. The fraction of sp³-hybridized carbons (Fsp3) is 0.500. The summed E-state index contributed by atoms with van der Waals surface area (Å²) in [7, 11) is 3.84. The molecule has 0 bridgehead atoms. The molecular weight excluding hydrogens is 487 g/mol. The number of rotatable bonds is 4. The zero-order chi connectivity index (χ0) is 19.4. The fourth-order valence-electron chi connectivity index (χ4n) is 3.54. The van der Waals surface area contributed by atoms with Crippen molar-refractivity contribution in [2.45, 2.75) is 26.9 Å². The van der Waals surface area contributed by atoms with E-state index in [2.05, 4.69) is 51.2 Å². The molecule has 6 nitrogen and oxygen atoms in total. The minimum absolute atomic E-state index is 0. The van der Waals surface area contributed by atoms with Crippen LogP contribution in [0.15, 0.2) is 29.3 Å². The summed E-state index contributed by atoms with van der Waals surface area (Å²) in [6.07, 6.45) is 0. The number of nitrogens with one attached hydrogen (secondary N) is 1. The lowest BCUT2D eigenvalue weighted by molar-refractivity contribution is 0.172. The predicted molar refractivity (Wildman–Crippen MR) is 127 cm³/mol. The zero-order valence-electron chi connectivity index (χ0n) is 17.1. The van der Waals surface area contributed by atoms with Crippen molar-refractivity contribution in [2.75, 3.05) is 33.2 Å². The van der Waals surface area contributed by atoms with Crippen LogP contribution in [0.1, 0.15) is 22.5 Å². The largest absolute Gasteiger partial charge is 0.352 e. The van der Waals surface area contributed by atoms with Crippen LogP contribution in [0.25, 0.3) is 0 Å². The SMILES string of the molecule is CN=C(NCc1c(C)nn(C)c1C)N1CCN(Cc2ccc(Cl)cc2)CC1.I. The maximum Gasteiger partial charge on any atom is 0.194 e. The van der Waals surface area contributed by atoms with E-state index >= 15 is 0 Å². The van der Waals surface area contributed by atoms with Gasteiger partial charge in [-0.15, -0.1) is 24.0 Å². The molecule has 0 saturated carbocycles. The summed E-state index contributed by atoms with van der Waals surface area (Å²) in [6.45, 7) is 9.87. The van der Waals surface area contributed by atoms with E-state index in [1.165, 1.54) is 16.8 Å². The van der Waals surface area contributed by atoms with E-state index in [1.54, 1.807) is 0 Å². The van der Waals surface area contributed by atoms with Gasteiger partial charge in [-0.25, -0.2) is 0 Å². The van der Waals surface area contributed by atoms with Crippen LogP contribution in [0, 0.1) is 13.8 Å². The van der Waals surface area contributed by atoms with Crippen LogP contribution >= 0.6 is 35.6 Å². The van der Waals surface area contributed by atoms with Crippen LogP contribution in [-0.2, 0) is 20.1 Å². The summed E-state index contributed by atoms with van der Waals surface area (Å²) in [4.78, 5) is 9.29. The molecule has 0 atom stereocenters. The first-order valence-corrected chi connectivity index (χ1v) is 9.77. The molecule has 1 aromatic carbocycles. The van der Waals surface area contributed by atoms with Crippen LogP contribution in [0.2, 0.25) is 5.02 Å².